The maximum Gasteiger partial charge on any atom is 0.253 e. The molecule has 0 atom stereocenters. The van der Waals surface area contributed by atoms with Gasteiger partial charge in [0.25, 0.3) is 5.91 Å². The lowest BCUT2D eigenvalue weighted by molar-refractivity contribution is -0.184. The Kier molecular flexibility index (Phi) is 2.68. The van der Waals surface area contributed by atoms with Crippen molar-refractivity contribution in [1.82, 2.24) is 5.32 Å². The van der Waals surface area contributed by atoms with Crippen LogP contribution < -0.4 is 5.32 Å². The lowest BCUT2D eigenvalue weighted by atomic mass is 9.52. The maximum absolute atomic E-state index is 12.4. The van der Waals surface area contributed by atoms with Crippen molar-refractivity contribution in [3.63, 3.8) is 0 Å². The molecule has 4 aliphatic carbocycles. The molecular weight excluding hydrogens is 250 g/mol. The summed E-state index contributed by atoms with van der Waals surface area (Å²) in [4.78, 5) is 12.4. The quantitative estimate of drug-likeness (QED) is 0.812. The van der Waals surface area contributed by atoms with Gasteiger partial charge in [0, 0.05) is 17.4 Å². The molecule has 4 fully saturated rings. The van der Waals surface area contributed by atoms with E-state index in [4.69, 9.17) is 0 Å². The Bertz CT molecular complexity index is 497. The molecule has 0 unspecified atom stereocenters. The third kappa shape index (κ3) is 1.80. The zero-order valence-electron chi connectivity index (χ0n) is 11.6. The number of aliphatic hydroxyl groups is 1. The first-order chi connectivity index (χ1) is 9.65. The second-order valence-corrected chi connectivity index (χ2v) is 6.95. The van der Waals surface area contributed by atoms with Crippen molar-refractivity contribution >= 4 is 5.91 Å². The van der Waals surface area contributed by atoms with Crippen LogP contribution in [0.4, 0.5) is 0 Å². The number of nitrogens with one attached hydrogen (secondary N) is 1. The Morgan fingerprint density at radius 3 is 2.10 bits per heavy atom. The van der Waals surface area contributed by atoms with E-state index in [0.717, 1.165) is 37.5 Å². The predicted octanol–water partition coefficient (Wildman–Crippen LogP) is 2.56. The summed E-state index contributed by atoms with van der Waals surface area (Å²) >= 11 is 0. The van der Waals surface area contributed by atoms with E-state index >= 15 is 0 Å². The molecule has 4 saturated carbocycles. The molecule has 4 aliphatic rings. The highest BCUT2D eigenvalue weighted by Gasteiger charge is 2.57. The minimum atomic E-state index is -0.972. The molecule has 5 rings (SSSR count). The lowest BCUT2D eigenvalue weighted by Crippen LogP contribution is -2.66. The highest BCUT2D eigenvalue weighted by molar-refractivity contribution is 5.94. The zero-order valence-corrected chi connectivity index (χ0v) is 11.6. The number of carbonyl (C=O) groups excluding carboxylic acids is 1. The van der Waals surface area contributed by atoms with Gasteiger partial charge in [0.05, 0.1) is 0 Å². The molecule has 1 aromatic rings. The third-order valence-electron chi connectivity index (χ3n) is 5.73. The van der Waals surface area contributed by atoms with Gasteiger partial charge in [-0.15, -0.1) is 0 Å². The normalized spacial score (nSPS) is 41.6. The number of carbonyl (C=O) groups is 1. The number of hydrogen-bond acceptors (Lipinski definition) is 2. The molecule has 0 aliphatic heterocycles. The standard InChI is InChI=1S/C17H21NO2/c19-16(13-4-2-1-3-5-13)18-17(20)14-7-11-6-12(9-14)10-15(17)8-11/h1-5,11-12,14-15,20H,6-10H2,(H,18,19). The van der Waals surface area contributed by atoms with Crippen LogP contribution in [0.1, 0.15) is 42.5 Å². The molecule has 0 radical (unpaired) electrons. The lowest BCUT2D eigenvalue weighted by Gasteiger charge is -2.58. The minimum Gasteiger partial charge on any atom is -0.370 e. The van der Waals surface area contributed by atoms with E-state index in [1.165, 1.54) is 6.42 Å². The van der Waals surface area contributed by atoms with E-state index in [1.54, 1.807) is 12.1 Å². The van der Waals surface area contributed by atoms with Gasteiger partial charge in [-0.1, -0.05) is 18.2 Å². The number of amides is 1. The molecular formula is C17H21NO2. The molecule has 1 aromatic carbocycles. The number of hydrogen-bond donors (Lipinski definition) is 2. The summed E-state index contributed by atoms with van der Waals surface area (Å²) < 4.78 is 0. The summed E-state index contributed by atoms with van der Waals surface area (Å²) in [7, 11) is 0. The van der Waals surface area contributed by atoms with Gasteiger partial charge in [-0.25, -0.2) is 0 Å². The van der Waals surface area contributed by atoms with E-state index < -0.39 is 5.72 Å². The molecule has 106 valence electrons. The Balaban J connectivity index is 1.57. The second kappa shape index (κ2) is 4.32. The Morgan fingerprint density at radius 1 is 1.00 bits per heavy atom. The van der Waals surface area contributed by atoms with Crippen LogP contribution in [0.3, 0.4) is 0 Å². The smallest absolute Gasteiger partial charge is 0.253 e. The zero-order chi connectivity index (χ0) is 13.7. The van der Waals surface area contributed by atoms with Crippen LogP contribution in [0.25, 0.3) is 0 Å². The molecule has 0 saturated heterocycles. The molecule has 3 heteroatoms. The van der Waals surface area contributed by atoms with Crippen molar-refractivity contribution in [2.45, 2.75) is 37.8 Å². The van der Waals surface area contributed by atoms with Gasteiger partial charge in [-0.05, 0) is 56.1 Å². The monoisotopic (exact) mass is 271 g/mol. The van der Waals surface area contributed by atoms with Gasteiger partial charge in [-0.3, -0.25) is 4.79 Å². The number of rotatable bonds is 2. The summed E-state index contributed by atoms with van der Waals surface area (Å²) in [5.74, 6) is 1.94. The average molecular weight is 271 g/mol. The maximum atomic E-state index is 12.4. The topological polar surface area (TPSA) is 49.3 Å². The molecule has 3 nitrogen and oxygen atoms in total. The van der Waals surface area contributed by atoms with Crippen molar-refractivity contribution in [3.8, 4) is 0 Å². The van der Waals surface area contributed by atoms with Crippen molar-refractivity contribution < 1.29 is 9.90 Å². The van der Waals surface area contributed by atoms with E-state index in [2.05, 4.69) is 5.32 Å². The van der Waals surface area contributed by atoms with Gasteiger partial charge in [-0.2, -0.15) is 0 Å². The summed E-state index contributed by atoms with van der Waals surface area (Å²) in [6, 6.07) is 9.21. The summed E-state index contributed by atoms with van der Waals surface area (Å²) in [5.41, 5.74) is -0.338. The van der Waals surface area contributed by atoms with E-state index in [0.29, 0.717) is 5.56 Å². The second-order valence-electron chi connectivity index (χ2n) is 6.95. The molecule has 0 spiro atoms. The van der Waals surface area contributed by atoms with Gasteiger partial charge < -0.3 is 10.4 Å². The Labute approximate surface area is 119 Å². The molecule has 2 N–H and O–H groups in total. The van der Waals surface area contributed by atoms with E-state index in [-0.39, 0.29) is 17.7 Å². The van der Waals surface area contributed by atoms with Crippen LogP contribution in [-0.4, -0.2) is 16.7 Å². The first kappa shape index (κ1) is 12.4. The molecule has 4 bridgehead atoms. The van der Waals surface area contributed by atoms with Crippen LogP contribution in [0, 0.1) is 23.7 Å². The van der Waals surface area contributed by atoms with Gasteiger partial charge in [0.2, 0.25) is 0 Å². The Hall–Kier alpha value is -1.35. The first-order valence-electron chi connectivity index (χ1n) is 7.75. The van der Waals surface area contributed by atoms with Gasteiger partial charge >= 0.3 is 0 Å². The molecule has 20 heavy (non-hydrogen) atoms. The number of benzene rings is 1. The molecule has 0 heterocycles. The molecule has 1 amide bonds. The van der Waals surface area contributed by atoms with Crippen molar-refractivity contribution in [2.75, 3.05) is 0 Å². The summed E-state index contributed by atoms with van der Waals surface area (Å²) in [5, 5.41) is 14.1. The minimum absolute atomic E-state index is 0.138. The predicted molar refractivity (Wildman–Crippen MR) is 75.9 cm³/mol. The summed E-state index contributed by atoms with van der Waals surface area (Å²) in [6.07, 6.45) is 5.67. The van der Waals surface area contributed by atoms with Crippen LogP contribution in [0.5, 0.6) is 0 Å². The van der Waals surface area contributed by atoms with E-state index in [9.17, 15) is 9.90 Å². The van der Waals surface area contributed by atoms with Gasteiger partial charge in [0.15, 0.2) is 0 Å². The third-order valence-corrected chi connectivity index (χ3v) is 5.73. The highest BCUT2D eigenvalue weighted by atomic mass is 16.3. The Morgan fingerprint density at radius 2 is 1.55 bits per heavy atom. The average Bonchev–Trinajstić information content (AvgIpc) is 2.45. The fraction of sp³-hybridized carbons (Fsp3) is 0.588. The summed E-state index contributed by atoms with van der Waals surface area (Å²) in [6.45, 7) is 0. The van der Waals surface area contributed by atoms with Crippen LogP contribution in [0.15, 0.2) is 30.3 Å². The highest BCUT2D eigenvalue weighted by Crippen LogP contribution is 2.57. The van der Waals surface area contributed by atoms with Crippen LogP contribution in [0.2, 0.25) is 0 Å². The molecule has 0 aromatic heterocycles. The first-order valence-corrected chi connectivity index (χ1v) is 7.75. The van der Waals surface area contributed by atoms with Crippen molar-refractivity contribution in [3.05, 3.63) is 35.9 Å². The van der Waals surface area contributed by atoms with Gasteiger partial charge in [0.1, 0.15) is 5.72 Å². The van der Waals surface area contributed by atoms with Crippen molar-refractivity contribution in [2.24, 2.45) is 23.7 Å². The van der Waals surface area contributed by atoms with Crippen LogP contribution in [-0.2, 0) is 0 Å². The van der Waals surface area contributed by atoms with E-state index in [1.807, 2.05) is 18.2 Å². The fourth-order valence-corrected chi connectivity index (χ4v) is 4.95. The fourth-order valence-electron chi connectivity index (χ4n) is 4.95. The largest absolute Gasteiger partial charge is 0.370 e. The van der Waals surface area contributed by atoms with Crippen LogP contribution >= 0.6 is 0 Å². The SMILES string of the molecule is O=C(NC1(O)C2CC3CC(C2)CC1C3)c1ccccc1. The van der Waals surface area contributed by atoms with Crippen molar-refractivity contribution in [1.29, 1.82) is 0 Å².